The van der Waals surface area contributed by atoms with Crippen LogP contribution in [0.1, 0.15) is 30.5 Å². The molecule has 0 spiro atoms. The molecule has 0 N–H and O–H groups in total. The van der Waals surface area contributed by atoms with Gasteiger partial charge in [0.25, 0.3) is 0 Å². The molecule has 0 saturated heterocycles. The van der Waals surface area contributed by atoms with Crippen molar-refractivity contribution in [1.29, 1.82) is 0 Å². The molecular formula is C11H15+. The summed E-state index contributed by atoms with van der Waals surface area (Å²) in [5, 5.41) is 0. The van der Waals surface area contributed by atoms with Crippen LogP contribution in [0.3, 0.4) is 0 Å². The number of benzene rings is 1. The molecule has 0 aliphatic rings. The second-order valence-corrected chi connectivity index (χ2v) is 3.32. The molecule has 0 fully saturated rings. The van der Waals surface area contributed by atoms with Gasteiger partial charge < -0.3 is 0 Å². The third-order valence-electron chi connectivity index (χ3n) is 1.92. The Hall–Kier alpha value is -0.910. The van der Waals surface area contributed by atoms with Crippen molar-refractivity contribution in [2.24, 2.45) is 0 Å². The summed E-state index contributed by atoms with van der Waals surface area (Å²) in [5.74, 6) is 1.39. The number of hydrogen-bond donors (Lipinski definition) is 0. The van der Waals surface area contributed by atoms with E-state index in [1.807, 2.05) is 0 Å². The van der Waals surface area contributed by atoms with E-state index < -0.39 is 0 Å². The molecule has 0 heteroatoms. The fourth-order valence-corrected chi connectivity index (χ4v) is 1.37. The lowest BCUT2D eigenvalue weighted by Crippen LogP contribution is -1.92. The van der Waals surface area contributed by atoms with Gasteiger partial charge in [0.15, 0.2) is 0 Å². The summed E-state index contributed by atoms with van der Waals surface area (Å²) in [7, 11) is 0. The van der Waals surface area contributed by atoms with Crippen LogP contribution in [0.2, 0.25) is 0 Å². The van der Waals surface area contributed by atoms with E-state index in [2.05, 4.69) is 45.9 Å². The first-order valence-corrected chi connectivity index (χ1v) is 3.99. The Labute approximate surface area is 69.3 Å². The largest absolute Gasteiger partial charge is 0.134 e. The van der Waals surface area contributed by atoms with Crippen LogP contribution in [0.15, 0.2) is 18.2 Å². The van der Waals surface area contributed by atoms with Crippen LogP contribution in [0.5, 0.6) is 0 Å². The average Bonchev–Trinajstić information content (AvgIpc) is 1.85. The minimum atomic E-state index is 1.34. The summed E-state index contributed by atoms with van der Waals surface area (Å²) in [5.41, 5.74) is 4.10. The average molecular weight is 147 g/mol. The molecule has 1 aromatic rings. The van der Waals surface area contributed by atoms with Crippen molar-refractivity contribution < 1.29 is 0 Å². The van der Waals surface area contributed by atoms with E-state index in [1.165, 1.54) is 22.6 Å². The Morgan fingerprint density at radius 2 is 1.73 bits per heavy atom. The van der Waals surface area contributed by atoms with Crippen molar-refractivity contribution in [2.45, 2.75) is 27.7 Å². The van der Waals surface area contributed by atoms with Gasteiger partial charge in [0.05, 0.1) is 5.56 Å². The van der Waals surface area contributed by atoms with Crippen molar-refractivity contribution in [1.82, 2.24) is 0 Å². The molecule has 0 nitrogen and oxygen atoms in total. The van der Waals surface area contributed by atoms with Crippen LogP contribution in [-0.2, 0) is 0 Å². The van der Waals surface area contributed by atoms with Crippen molar-refractivity contribution in [3.05, 3.63) is 40.8 Å². The number of rotatable bonds is 1. The lowest BCUT2D eigenvalue weighted by Gasteiger charge is -2.00. The Morgan fingerprint density at radius 1 is 1.09 bits per heavy atom. The maximum atomic E-state index is 2.22. The molecule has 1 aromatic carbocycles. The summed E-state index contributed by atoms with van der Waals surface area (Å²) in [6.45, 7) is 8.59. The summed E-state index contributed by atoms with van der Waals surface area (Å²) in [6.07, 6.45) is 0. The van der Waals surface area contributed by atoms with Gasteiger partial charge in [0.2, 0.25) is 0 Å². The second kappa shape index (κ2) is 3.00. The molecule has 0 atom stereocenters. The maximum absolute atomic E-state index is 2.22. The van der Waals surface area contributed by atoms with Gasteiger partial charge in [-0.15, -0.1) is 0 Å². The molecule has 11 heavy (non-hydrogen) atoms. The van der Waals surface area contributed by atoms with Crippen LogP contribution >= 0.6 is 0 Å². The zero-order valence-electron chi connectivity index (χ0n) is 7.73. The Bertz CT molecular complexity index is 246. The Balaban J connectivity index is 3.09. The quantitative estimate of drug-likeness (QED) is 0.535. The molecular weight excluding hydrogens is 132 g/mol. The Kier molecular flexibility index (Phi) is 2.23. The highest BCUT2D eigenvalue weighted by molar-refractivity contribution is 5.38. The van der Waals surface area contributed by atoms with E-state index in [0.717, 1.165) is 0 Å². The first kappa shape index (κ1) is 8.19. The predicted molar refractivity (Wildman–Crippen MR) is 49.6 cm³/mol. The lowest BCUT2D eigenvalue weighted by atomic mass is 9.97. The van der Waals surface area contributed by atoms with Crippen molar-refractivity contribution in [3.63, 3.8) is 0 Å². The van der Waals surface area contributed by atoms with Gasteiger partial charge in [-0.25, -0.2) is 0 Å². The minimum Gasteiger partial charge on any atom is -0.0374 e. The summed E-state index contributed by atoms with van der Waals surface area (Å²) in [6, 6.07) is 6.58. The number of hydrogen-bond acceptors (Lipinski definition) is 0. The molecule has 0 aliphatic heterocycles. The molecule has 0 aromatic heterocycles. The zero-order chi connectivity index (χ0) is 8.43. The fraction of sp³-hybridized carbons (Fsp3) is 0.364. The highest BCUT2D eigenvalue weighted by atomic mass is 14.1. The summed E-state index contributed by atoms with van der Waals surface area (Å²) < 4.78 is 0. The van der Waals surface area contributed by atoms with Crippen LogP contribution in [0, 0.1) is 19.8 Å². The monoisotopic (exact) mass is 147 g/mol. The van der Waals surface area contributed by atoms with Crippen LogP contribution in [0.25, 0.3) is 0 Å². The van der Waals surface area contributed by atoms with Gasteiger partial charge in [-0.1, -0.05) is 0 Å². The van der Waals surface area contributed by atoms with E-state index in [9.17, 15) is 0 Å². The van der Waals surface area contributed by atoms with Gasteiger partial charge in [-0.3, -0.25) is 0 Å². The van der Waals surface area contributed by atoms with E-state index in [1.54, 1.807) is 0 Å². The third-order valence-corrected chi connectivity index (χ3v) is 1.92. The van der Waals surface area contributed by atoms with E-state index in [-0.39, 0.29) is 0 Å². The van der Waals surface area contributed by atoms with Gasteiger partial charge in [-0.05, 0) is 18.6 Å². The van der Waals surface area contributed by atoms with E-state index >= 15 is 0 Å². The van der Waals surface area contributed by atoms with Crippen molar-refractivity contribution >= 4 is 0 Å². The first-order valence-electron chi connectivity index (χ1n) is 3.99. The molecule has 1 rings (SSSR count). The van der Waals surface area contributed by atoms with Gasteiger partial charge in [0, 0.05) is 38.8 Å². The van der Waals surface area contributed by atoms with Gasteiger partial charge in [0.1, 0.15) is 5.56 Å². The van der Waals surface area contributed by atoms with Crippen LogP contribution in [0.4, 0.5) is 0 Å². The third kappa shape index (κ3) is 1.76. The minimum absolute atomic E-state index is 1.34. The zero-order valence-corrected chi connectivity index (χ0v) is 7.73. The maximum Gasteiger partial charge on any atom is 0.134 e. The molecule has 0 saturated carbocycles. The second-order valence-electron chi connectivity index (χ2n) is 3.32. The van der Waals surface area contributed by atoms with E-state index in [0.29, 0.717) is 0 Å². The standard InChI is InChI=1S/C11H15/c1-8(2)11-6-5-9(3)7-10(11)4/h5-7H,1-4H3/q+1. The van der Waals surface area contributed by atoms with Crippen molar-refractivity contribution in [2.75, 3.05) is 0 Å². The van der Waals surface area contributed by atoms with E-state index in [4.69, 9.17) is 0 Å². The highest BCUT2D eigenvalue weighted by Crippen LogP contribution is 2.18. The first-order chi connectivity index (χ1) is 5.11. The summed E-state index contributed by atoms with van der Waals surface area (Å²) in [4.78, 5) is 0. The molecule has 0 radical (unpaired) electrons. The van der Waals surface area contributed by atoms with Crippen molar-refractivity contribution in [3.8, 4) is 0 Å². The van der Waals surface area contributed by atoms with Crippen LogP contribution < -0.4 is 0 Å². The number of aryl methyl sites for hydroxylation is 2. The molecule has 0 bridgehead atoms. The molecule has 0 aliphatic carbocycles. The SMILES string of the molecule is Cc1ccc([C+](C)C)c(C)c1. The molecule has 58 valence electrons. The lowest BCUT2D eigenvalue weighted by molar-refractivity contribution is 1.12. The molecule has 0 amide bonds. The smallest absolute Gasteiger partial charge is 0.0374 e. The predicted octanol–water partition coefficient (Wildman–Crippen LogP) is 3.27. The highest BCUT2D eigenvalue weighted by Gasteiger charge is 2.10. The van der Waals surface area contributed by atoms with Gasteiger partial charge in [-0.2, -0.15) is 0 Å². The van der Waals surface area contributed by atoms with Crippen LogP contribution in [-0.4, -0.2) is 0 Å². The molecule has 0 heterocycles. The molecule has 0 unspecified atom stereocenters. The normalized spacial score (nSPS) is 9.82. The fourth-order valence-electron chi connectivity index (χ4n) is 1.37. The Morgan fingerprint density at radius 3 is 2.18 bits per heavy atom. The topological polar surface area (TPSA) is 0 Å². The summed E-state index contributed by atoms with van der Waals surface area (Å²) >= 11 is 0. The van der Waals surface area contributed by atoms with Gasteiger partial charge >= 0.3 is 0 Å².